The second-order valence-electron chi connectivity index (χ2n) is 3.35. The van der Waals surface area contributed by atoms with Crippen LogP contribution in [-0.2, 0) is 6.42 Å². The topological polar surface area (TPSA) is 38.9 Å². The number of nitrogen functional groups attached to an aromatic ring is 1. The average Bonchev–Trinajstić information content (AvgIpc) is 2.24. The van der Waals surface area contributed by atoms with Crippen LogP contribution in [0, 0.1) is 5.82 Å². The van der Waals surface area contributed by atoms with Gasteiger partial charge in [0.1, 0.15) is 5.82 Å². The molecule has 1 aromatic heterocycles. The molecule has 2 rings (SSSR count). The molecule has 2 nitrogen and oxygen atoms in total. The molecule has 0 aliphatic heterocycles. The van der Waals surface area contributed by atoms with Gasteiger partial charge < -0.3 is 5.73 Å². The third-order valence-electron chi connectivity index (χ3n) is 2.17. The first-order chi connectivity index (χ1) is 7.25. The molecule has 76 valence electrons. The molecule has 0 atom stereocenters. The lowest BCUT2D eigenvalue weighted by molar-refractivity contribution is 0.614. The highest BCUT2D eigenvalue weighted by Gasteiger charge is 2.03. The monoisotopic (exact) mass is 202 g/mol. The summed E-state index contributed by atoms with van der Waals surface area (Å²) in [5.74, 6) is -0.277. The normalized spacial score (nSPS) is 10.2. The molecule has 15 heavy (non-hydrogen) atoms. The molecule has 0 radical (unpaired) electrons. The van der Waals surface area contributed by atoms with E-state index in [1.54, 1.807) is 18.3 Å². The summed E-state index contributed by atoms with van der Waals surface area (Å²) >= 11 is 0. The quantitative estimate of drug-likeness (QED) is 0.759. The third-order valence-corrected chi connectivity index (χ3v) is 2.17. The molecule has 0 fully saturated rings. The first-order valence-electron chi connectivity index (χ1n) is 4.69. The van der Waals surface area contributed by atoms with E-state index in [2.05, 4.69) is 4.98 Å². The van der Waals surface area contributed by atoms with Crippen molar-refractivity contribution in [2.24, 2.45) is 0 Å². The molecule has 0 spiro atoms. The van der Waals surface area contributed by atoms with E-state index in [1.165, 1.54) is 6.07 Å². The summed E-state index contributed by atoms with van der Waals surface area (Å²) in [6, 6.07) is 10.3. The van der Waals surface area contributed by atoms with Gasteiger partial charge in [0.05, 0.1) is 0 Å². The van der Waals surface area contributed by atoms with Crippen LogP contribution in [0.15, 0.2) is 42.6 Å². The van der Waals surface area contributed by atoms with Crippen molar-refractivity contribution in [3.63, 3.8) is 0 Å². The SMILES string of the molecule is Nc1ccc(Cc2ccccn2)c(F)c1. The second kappa shape index (κ2) is 4.09. The van der Waals surface area contributed by atoms with Crippen molar-refractivity contribution < 1.29 is 4.39 Å². The summed E-state index contributed by atoms with van der Waals surface area (Å²) in [6.45, 7) is 0. The molecule has 1 aromatic carbocycles. The van der Waals surface area contributed by atoms with Gasteiger partial charge in [-0.15, -0.1) is 0 Å². The Hall–Kier alpha value is -1.90. The fourth-order valence-corrected chi connectivity index (χ4v) is 1.40. The number of anilines is 1. The molecular weight excluding hydrogens is 191 g/mol. The van der Waals surface area contributed by atoms with Gasteiger partial charge in [-0.3, -0.25) is 4.98 Å². The number of nitrogens with zero attached hydrogens (tertiary/aromatic N) is 1. The third kappa shape index (κ3) is 2.31. The standard InChI is InChI=1S/C12H11FN2/c13-12-8-10(14)5-4-9(12)7-11-3-1-2-6-15-11/h1-6,8H,7,14H2. The van der Waals surface area contributed by atoms with Crippen molar-refractivity contribution in [1.29, 1.82) is 0 Å². The Morgan fingerprint density at radius 1 is 1.20 bits per heavy atom. The van der Waals surface area contributed by atoms with E-state index >= 15 is 0 Å². The molecule has 0 aliphatic rings. The maximum atomic E-state index is 13.4. The van der Waals surface area contributed by atoms with Crippen LogP contribution in [0.25, 0.3) is 0 Å². The molecule has 0 unspecified atom stereocenters. The Kier molecular flexibility index (Phi) is 2.63. The Morgan fingerprint density at radius 3 is 2.73 bits per heavy atom. The van der Waals surface area contributed by atoms with Crippen molar-refractivity contribution in [1.82, 2.24) is 4.98 Å². The molecule has 0 saturated heterocycles. The molecule has 3 heteroatoms. The lowest BCUT2D eigenvalue weighted by Gasteiger charge is -2.03. The van der Waals surface area contributed by atoms with Gasteiger partial charge in [-0.1, -0.05) is 12.1 Å². The number of benzene rings is 1. The van der Waals surface area contributed by atoms with Crippen LogP contribution in [0.1, 0.15) is 11.3 Å². The number of hydrogen-bond acceptors (Lipinski definition) is 2. The fourth-order valence-electron chi connectivity index (χ4n) is 1.40. The predicted octanol–water partition coefficient (Wildman–Crippen LogP) is 2.39. The Morgan fingerprint density at radius 2 is 2.07 bits per heavy atom. The molecule has 0 saturated carbocycles. The second-order valence-corrected chi connectivity index (χ2v) is 3.35. The first kappa shape index (κ1) is 9.65. The Labute approximate surface area is 87.6 Å². The van der Waals surface area contributed by atoms with Crippen molar-refractivity contribution in [2.45, 2.75) is 6.42 Å². The Bertz CT molecular complexity index is 454. The van der Waals surface area contributed by atoms with Crippen LogP contribution in [0.2, 0.25) is 0 Å². The average molecular weight is 202 g/mol. The highest BCUT2D eigenvalue weighted by molar-refractivity contribution is 5.41. The van der Waals surface area contributed by atoms with E-state index in [0.717, 1.165) is 5.69 Å². The summed E-state index contributed by atoms with van der Waals surface area (Å²) in [6.07, 6.45) is 2.19. The van der Waals surface area contributed by atoms with Crippen molar-refractivity contribution in [2.75, 3.05) is 5.73 Å². The van der Waals surface area contributed by atoms with E-state index in [9.17, 15) is 4.39 Å². The largest absolute Gasteiger partial charge is 0.399 e. The van der Waals surface area contributed by atoms with Gasteiger partial charge in [-0.05, 0) is 29.8 Å². The van der Waals surface area contributed by atoms with Crippen LogP contribution in [-0.4, -0.2) is 4.98 Å². The van der Waals surface area contributed by atoms with Gasteiger partial charge in [0.2, 0.25) is 0 Å². The van der Waals surface area contributed by atoms with E-state index in [0.29, 0.717) is 17.7 Å². The molecule has 0 aliphatic carbocycles. The summed E-state index contributed by atoms with van der Waals surface area (Å²) in [4.78, 5) is 4.14. The van der Waals surface area contributed by atoms with Crippen molar-refractivity contribution in [3.05, 3.63) is 59.7 Å². The summed E-state index contributed by atoms with van der Waals surface area (Å²) in [7, 11) is 0. The van der Waals surface area contributed by atoms with Crippen LogP contribution in [0.4, 0.5) is 10.1 Å². The zero-order valence-corrected chi connectivity index (χ0v) is 8.15. The van der Waals surface area contributed by atoms with Gasteiger partial charge in [0, 0.05) is 24.0 Å². The highest BCUT2D eigenvalue weighted by Crippen LogP contribution is 2.14. The molecule has 2 N–H and O–H groups in total. The number of halogens is 1. The van der Waals surface area contributed by atoms with Gasteiger partial charge in [0.25, 0.3) is 0 Å². The van der Waals surface area contributed by atoms with Gasteiger partial charge in [0.15, 0.2) is 0 Å². The molecule has 0 bridgehead atoms. The fraction of sp³-hybridized carbons (Fsp3) is 0.0833. The maximum absolute atomic E-state index is 13.4. The maximum Gasteiger partial charge on any atom is 0.128 e. The van der Waals surface area contributed by atoms with E-state index in [-0.39, 0.29) is 5.82 Å². The number of rotatable bonds is 2. The minimum atomic E-state index is -0.277. The zero-order valence-electron chi connectivity index (χ0n) is 8.15. The zero-order chi connectivity index (χ0) is 10.7. The molecule has 1 heterocycles. The minimum absolute atomic E-state index is 0.277. The van der Waals surface area contributed by atoms with Crippen LogP contribution >= 0.6 is 0 Å². The smallest absolute Gasteiger partial charge is 0.128 e. The number of pyridine rings is 1. The highest BCUT2D eigenvalue weighted by atomic mass is 19.1. The number of aromatic nitrogens is 1. The first-order valence-corrected chi connectivity index (χ1v) is 4.69. The summed E-state index contributed by atoms with van der Waals surface area (Å²) in [5, 5.41) is 0. The van der Waals surface area contributed by atoms with Crippen molar-refractivity contribution in [3.8, 4) is 0 Å². The van der Waals surface area contributed by atoms with Crippen LogP contribution < -0.4 is 5.73 Å². The lowest BCUT2D eigenvalue weighted by Crippen LogP contribution is -1.96. The number of nitrogens with two attached hydrogens (primary N) is 1. The van der Waals surface area contributed by atoms with E-state index in [1.807, 2.05) is 18.2 Å². The van der Waals surface area contributed by atoms with Gasteiger partial charge in [-0.2, -0.15) is 0 Å². The van der Waals surface area contributed by atoms with Crippen molar-refractivity contribution >= 4 is 5.69 Å². The predicted molar refractivity (Wildman–Crippen MR) is 57.9 cm³/mol. The summed E-state index contributed by atoms with van der Waals surface area (Å²) < 4.78 is 13.4. The van der Waals surface area contributed by atoms with Crippen LogP contribution in [0.5, 0.6) is 0 Å². The number of hydrogen-bond donors (Lipinski definition) is 1. The van der Waals surface area contributed by atoms with Gasteiger partial charge in [-0.25, -0.2) is 4.39 Å². The van der Waals surface area contributed by atoms with Gasteiger partial charge >= 0.3 is 0 Å². The molecular formula is C12H11FN2. The Balaban J connectivity index is 2.25. The molecule has 0 amide bonds. The lowest BCUT2D eigenvalue weighted by atomic mass is 10.1. The van der Waals surface area contributed by atoms with Crippen LogP contribution in [0.3, 0.4) is 0 Å². The summed E-state index contributed by atoms with van der Waals surface area (Å²) in [5.41, 5.74) is 7.37. The molecule has 2 aromatic rings. The minimum Gasteiger partial charge on any atom is -0.399 e. The van der Waals surface area contributed by atoms with E-state index < -0.39 is 0 Å². The van der Waals surface area contributed by atoms with E-state index in [4.69, 9.17) is 5.73 Å².